The Morgan fingerprint density at radius 1 is 1.25 bits per heavy atom. The summed E-state index contributed by atoms with van der Waals surface area (Å²) in [5.41, 5.74) is 1.17. The Hall–Kier alpha value is -2.05. The molecule has 1 saturated heterocycles. The van der Waals surface area contributed by atoms with E-state index in [1.54, 1.807) is 18.2 Å². The van der Waals surface area contributed by atoms with Gasteiger partial charge in [0.2, 0.25) is 5.91 Å². The summed E-state index contributed by atoms with van der Waals surface area (Å²) in [5.74, 6) is -0.215. The standard InChI is InChI=1S/C16H22ClN7O3S/c1-21(2)28(26,27)23-7-5-22(6-8-23)10-16(25)20-14-9-13(17)3-4-15(14)24-12-18-11-19-24/h3-4,9,11-12H,5-8,10H2,1-2H3,(H,20,25). The van der Waals surface area contributed by atoms with Gasteiger partial charge in [0.05, 0.1) is 17.9 Å². The molecule has 1 amide bonds. The predicted molar refractivity (Wildman–Crippen MR) is 106 cm³/mol. The summed E-state index contributed by atoms with van der Waals surface area (Å²) in [6.45, 7) is 1.79. The number of hydrogen-bond donors (Lipinski definition) is 1. The summed E-state index contributed by atoms with van der Waals surface area (Å²) >= 11 is 6.06. The Bertz CT molecular complexity index is 926. The van der Waals surface area contributed by atoms with Gasteiger partial charge in [0.25, 0.3) is 10.2 Å². The van der Waals surface area contributed by atoms with Gasteiger partial charge in [-0.15, -0.1) is 0 Å². The van der Waals surface area contributed by atoms with E-state index in [2.05, 4.69) is 15.4 Å². The predicted octanol–water partition coefficient (Wildman–Crippen LogP) is 0.283. The monoisotopic (exact) mass is 427 g/mol. The van der Waals surface area contributed by atoms with Crippen LogP contribution in [0.2, 0.25) is 5.02 Å². The third-order valence-corrected chi connectivity index (χ3v) is 6.56. The summed E-state index contributed by atoms with van der Waals surface area (Å²) in [7, 11) is -0.413. The molecule has 1 aliphatic rings. The van der Waals surface area contributed by atoms with Gasteiger partial charge in [-0.05, 0) is 18.2 Å². The van der Waals surface area contributed by atoms with Crippen LogP contribution in [0.25, 0.3) is 5.69 Å². The zero-order valence-corrected chi connectivity index (χ0v) is 17.2. The highest BCUT2D eigenvalue weighted by molar-refractivity contribution is 7.86. The summed E-state index contributed by atoms with van der Waals surface area (Å²) in [4.78, 5) is 18.3. The third kappa shape index (κ3) is 4.67. The van der Waals surface area contributed by atoms with Gasteiger partial charge >= 0.3 is 0 Å². The van der Waals surface area contributed by atoms with Crippen LogP contribution in [-0.4, -0.2) is 89.4 Å². The van der Waals surface area contributed by atoms with E-state index in [0.29, 0.717) is 42.6 Å². The first-order valence-corrected chi connectivity index (χ1v) is 10.4. The van der Waals surface area contributed by atoms with Crippen LogP contribution in [0.1, 0.15) is 0 Å². The molecule has 0 bridgehead atoms. The molecule has 0 unspecified atom stereocenters. The topological polar surface area (TPSA) is 104 Å². The summed E-state index contributed by atoms with van der Waals surface area (Å²) in [5, 5.41) is 7.42. The number of benzene rings is 1. The Morgan fingerprint density at radius 3 is 2.57 bits per heavy atom. The fourth-order valence-corrected chi connectivity index (χ4v) is 4.14. The van der Waals surface area contributed by atoms with Crippen molar-refractivity contribution in [1.82, 2.24) is 28.3 Å². The molecule has 10 nitrogen and oxygen atoms in total. The summed E-state index contributed by atoms with van der Waals surface area (Å²) in [6.07, 6.45) is 2.94. The molecule has 28 heavy (non-hydrogen) atoms. The van der Waals surface area contributed by atoms with Crippen LogP contribution in [0.4, 0.5) is 5.69 Å². The molecule has 1 fully saturated rings. The lowest BCUT2D eigenvalue weighted by Gasteiger charge is -2.34. The second-order valence-electron chi connectivity index (χ2n) is 6.52. The minimum atomic E-state index is -3.43. The molecule has 1 aromatic heterocycles. The SMILES string of the molecule is CN(C)S(=O)(=O)N1CCN(CC(=O)Nc2cc(Cl)ccc2-n2cncn2)CC1. The number of carbonyl (C=O) groups excluding carboxylic acids is 1. The number of halogens is 1. The molecule has 3 rings (SSSR count). The molecule has 152 valence electrons. The average molecular weight is 428 g/mol. The van der Waals surface area contributed by atoms with Gasteiger partial charge in [-0.3, -0.25) is 9.69 Å². The van der Waals surface area contributed by atoms with Crippen LogP contribution < -0.4 is 5.32 Å². The van der Waals surface area contributed by atoms with Crippen molar-refractivity contribution in [2.75, 3.05) is 52.1 Å². The van der Waals surface area contributed by atoms with E-state index in [1.165, 1.54) is 40.0 Å². The van der Waals surface area contributed by atoms with Crippen molar-refractivity contribution in [2.45, 2.75) is 0 Å². The third-order valence-electron chi connectivity index (χ3n) is 4.38. The van der Waals surface area contributed by atoms with E-state index >= 15 is 0 Å². The quantitative estimate of drug-likeness (QED) is 0.710. The van der Waals surface area contributed by atoms with Crippen molar-refractivity contribution in [3.63, 3.8) is 0 Å². The molecule has 1 aliphatic heterocycles. The number of aromatic nitrogens is 3. The molecule has 2 heterocycles. The number of nitrogens with one attached hydrogen (secondary N) is 1. The highest BCUT2D eigenvalue weighted by Gasteiger charge is 2.29. The molecular weight excluding hydrogens is 406 g/mol. The second kappa shape index (κ2) is 8.53. The van der Waals surface area contributed by atoms with E-state index in [4.69, 9.17) is 11.6 Å². The van der Waals surface area contributed by atoms with Crippen LogP contribution in [0.3, 0.4) is 0 Å². The molecule has 0 saturated carbocycles. The Balaban J connectivity index is 1.61. The molecule has 1 N–H and O–H groups in total. The van der Waals surface area contributed by atoms with Crippen molar-refractivity contribution in [2.24, 2.45) is 0 Å². The van der Waals surface area contributed by atoms with Crippen LogP contribution in [-0.2, 0) is 15.0 Å². The van der Waals surface area contributed by atoms with Gasteiger partial charge in [0, 0.05) is 45.3 Å². The normalized spacial score (nSPS) is 16.4. The van der Waals surface area contributed by atoms with Crippen LogP contribution >= 0.6 is 11.6 Å². The van der Waals surface area contributed by atoms with Gasteiger partial charge in [-0.2, -0.15) is 22.1 Å². The zero-order chi connectivity index (χ0) is 20.3. The van der Waals surface area contributed by atoms with Crippen LogP contribution in [0.15, 0.2) is 30.9 Å². The van der Waals surface area contributed by atoms with E-state index < -0.39 is 10.2 Å². The minimum absolute atomic E-state index is 0.152. The Morgan fingerprint density at radius 2 is 1.96 bits per heavy atom. The summed E-state index contributed by atoms with van der Waals surface area (Å²) in [6, 6.07) is 5.11. The molecule has 12 heteroatoms. The number of carbonyl (C=O) groups is 1. The number of amides is 1. The molecule has 2 aromatic rings. The van der Waals surface area contributed by atoms with Crippen molar-refractivity contribution in [3.8, 4) is 5.69 Å². The van der Waals surface area contributed by atoms with Crippen LogP contribution in [0.5, 0.6) is 0 Å². The van der Waals surface area contributed by atoms with E-state index in [1.807, 2.05) is 4.90 Å². The van der Waals surface area contributed by atoms with Crippen molar-refractivity contribution >= 4 is 33.4 Å². The van der Waals surface area contributed by atoms with Crippen molar-refractivity contribution < 1.29 is 13.2 Å². The maximum absolute atomic E-state index is 12.5. The van der Waals surface area contributed by atoms with Crippen molar-refractivity contribution in [3.05, 3.63) is 35.9 Å². The second-order valence-corrected chi connectivity index (χ2v) is 9.09. The van der Waals surface area contributed by atoms with E-state index in [9.17, 15) is 13.2 Å². The molecule has 0 spiro atoms. The van der Waals surface area contributed by atoms with Gasteiger partial charge < -0.3 is 5.32 Å². The molecule has 0 aliphatic carbocycles. The first kappa shape index (κ1) is 20.7. The fraction of sp³-hybridized carbons (Fsp3) is 0.438. The zero-order valence-electron chi connectivity index (χ0n) is 15.6. The lowest BCUT2D eigenvalue weighted by atomic mass is 10.2. The highest BCUT2D eigenvalue weighted by atomic mass is 35.5. The fourth-order valence-electron chi connectivity index (χ4n) is 2.88. The number of piperazine rings is 1. The lowest BCUT2D eigenvalue weighted by molar-refractivity contribution is -0.117. The molecule has 0 radical (unpaired) electrons. The largest absolute Gasteiger partial charge is 0.323 e. The van der Waals surface area contributed by atoms with Gasteiger partial charge in [0.15, 0.2) is 0 Å². The molecular formula is C16H22ClN7O3S. The highest BCUT2D eigenvalue weighted by Crippen LogP contribution is 2.24. The maximum Gasteiger partial charge on any atom is 0.281 e. The first-order valence-electron chi connectivity index (χ1n) is 8.62. The van der Waals surface area contributed by atoms with Gasteiger partial charge in [-0.25, -0.2) is 9.67 Å². The average Bonchev–Trinajstić information content (AvgIpc) is 3.16. The molecule has 0 atom stereocenters. The first-order chi connectivity index (χ1) is 13.3. The smallest absolute Gasteiger partial charge is 0.281 e. The van der Waals surface area contributed by atoms with E-state index in [0.717, 1.165) is 0 Å². The Labute approximate surface area is 168 Å². The van der Waals surface area contributed by atoms with Crippen molar-refractivity contribution in [1.29, 1.82) is 0 Å². The van der Waals surface area contributed by atoms with Gasteiger partial charge in [0.1, 0.15) is 12.7 Å². The molecule has 1 aromatic carbocycles. The summed E-state index contributed by atoms with van der Waals surface area (Å²) < 4.78 is 28.5. The maximum atomic E-state index is 12.5. The van der Waals surface area contributed by atoms with Gasteiger partial charge in [-0.1, -0.05) is 11.6 Å². The van der Waals surface area contributed by atoms with E-state index in [-0.39, 0.29) is 12.5 Å². The Kier molecular flexibility index (Phi) is 6.30. The number of anilines is 1. The minimum Gasteiger partial charge on any atom is -0.323 e. The number of nitrogens with zero attached hydrogens (tertiary/aromatic N) is 6. The lowest BCUT2D eigenvalue weighted by Crippen LogP contribution is -2.52. The van der Waals surface area contributed by atoms with Crippen LogP contribution in [0, 0.1) is 0 Å². The number of hydrogen-bond acceptors (Lipinski definition) is 6. The number of rotatable bonds is 6.